The van der Waals surface area contributed by atoms with Crippen molar-refractivity contribution < 1.29 is 14.3 Å². The first-order valence-electron chi connectivity index (χ1n) is 9.52. The molecule has 28 heavy (non-hydrogen) atoms. The number of nitrogens with zero attached hydrogens (tertiary/aromatic N) is 5. The summed E-state index contributed by atoms with van der Waals surface area (Å²) in [6.45, 7) is 1.87. The lowest BCUT2D eigenvalue weighted by atomic mass is 9.93. The number of carbonyl (C=O) groups is 2. The van der Waals surface area contributed by atoms with Crippen LogP contribution in [0.15, 0.2) is 36.9 Å². The van der Waals surface area contributed by atoms with Crippen LogP contribution in [0.1, 0.15) is 30.9 Å². The largest absolute Gasteiger partial charge is 0.436 e. The van der Waals surface area contributed by atoms with Gasteiger partial charge in [0.05, 0.1) is 24.0 Å². The van der Waals surface area contributed by atoms with Crippen molar-refractivity contribution in [2.75, 3.05) is 26.7 Å². The Morgan fingerprint density at radius 2 is 2.00 bits per heavy atom. The van der Waals surface area contributed by atoms with Gasteiger partial charge >= 0.3 is 0 Å². The molecule has 2 aliphatic heterocycles. The fraction of sp³-hybridized carbons (Fsp3) is 0.450. The van der Waals surface area contributed by atoms with Gasteiger partial charge in [-0.25, -0.2) is 4.98 Å². The van der Waals surface area contributed by atoms with Crippen molar-refractivity contribution in [3.05, 3.63) is 42.6 Å². The highest BCUT2D eigenvalue weighted by Gasteiger charge is 2.36. The molecule has 8 nitrogen and oxygen atoms in total. The molecule has 2 fully saturated rings. The molecule has 8 heteroatoms. The van der Waals surface area contributed by atoms with Crippen LogP contribution in [-0.4, -0.2) is 63.2 Å². The van der Waals surface area contributed by atoms with Crippen molar-refractivity contribution in [2.24, 2.45) is 5.92 Å². The Kier molecular flexibility index (Phi) is 5.18. The van der Waals surface area contributed by atoms with Crippen LogP contribution >= 0.6 is 0 Å². The van der Waals surface area contributed by atoms with E-state index < -0.39 is 0 Å². The van der Waals surface area contributed by atoms with Crippen molar-refractivity contribution in [3.8, 4) is 11.6 Å². The summed E-state index contributed by atoms with van der Waals surface area (Å²) in [5.41, 5.74) is 0.879. The Labute approximate surface area is 163 Å². The van der Waals surface area contributed by atoms with E-state index in [2.05, 4.69) is 15.0 Å². The zero-order valence-corrected chi connectivity index (χ0v) is 15.8. The maximum absolute atomic E-state index is 12.7. The van der Waals surface area contributed by atoms with Crippen LogP contribution in [0, 0.1) is 5.92 Å². The van der Waals surface area contributed by atoms with Gasteiger partial charge in [0.25, 0.3) is 0 Å². The van der Waals surface area contributed by atoms with E-state index in [1.165, 1.54) is 0 Å². The molecular formula is C20H23N5O3. The minimum Gasteiger partial charge on any atom is -0.436 e. The molecule has 4 heterocycles. The molecule has 0 N–H and O–H groups in total. The standard InChI is InChI=1S/C20H23N5O3/c1-24-13-15(9-19(24)26)20(27)25-7-4-14(5-8-25)17-11-22-12-18(23-17)28-16-3-2-6-21-10-16/h2-3,6,10-12,14-15H,4-5,7-9,13H2,1H3. The van der Waals surface area contributed by atoms with Crippen LogP contribution in [0.25, 0.3) is 0 Å². The molecule has 0 aliphatic carbocycles. The molecule has 1 atom stereocenters. The number of piperidine rings is 1. The Bertz CT molecular complexity index is 852. The van der Waals surface area contributed by atoms with Gasteiger partial charge in [-0.1, -0.05) is 0 Å². The maximum Gasteiger partial charge on any atom is 0.238 e. The lowest BCUT2D eigenvalue weighted by Gasteiger charge is -2.33. The molecule has 1 unspecified atom stereocenters. The van der Waals surface area contributed by atoms with Gasteiger partial charge in [0.15, 0.2) is 0 Å². The van der Waals surface area contributed by atoms with Crippen LogP contribution in [0.5, 0.6) is 11.6 Å². The fourth-order valence-electron chi connectivity index (χ4n) is 3.82. The van der Waals surface area contributed by atoms with Crippen molar-refractivity contribution >= 4 is 11.8 Å². The lowest BCUT2D eigenvalue weighted by molar-refractivity contribution is -0.136. The van der Waals surface area contributed by atoms with Gasteiger partial charge in [-0.15, -0.1) is 0 Å². The van der Waals surface area contributed by atoms with Crippen LogP contribution in [-0.2, 0) is 9.59 Å². The van der Waals surface area contributed by atoms with Gasteiger partial charge in [0.1, 0.15) is 5.75 Å². The summed E-state index contributed by atoms with van der Waals surface area (Å²) in [5.74, 6) is 1.23. The Morgan fingerprint density at radius 1 is 1.18 bits per heavy atom. The fourth-order valence-corrected chi connectivity index (χ4v) is 3.82. The van der Waals surface area contributed by atoms with Crippen molar-refractivity contribution in [1.29, 1.82) is 0 Å². The SMILES string of the molecule is CN1CC(C(=O)N2CCC(c3cncc(Oc4cccnc4)n3)CC2)CC1=O. The average Bonchev–Trinajstić information content (AvgIpc) is 3.07. The molecule has 2 aliphatic rings. The lowest BCUT2D eigenvalue weighted by Crippen LogP contribution is -2.42. The van der Waals surface area contributed by atoms with E-state index in [1.807, 2.05) is 11.0 Å². The molecule has 0 saturated carbocycles. The highest BCUT2D eigenvalue weighted by molar-refractivity contribution is 5.89. The van der Waals surface area contributed by atoms with Crippen LogP contribution in [0.3, 0.4) is 0 Å². The first kappa shape index (κ1) is 18.3. The zero-order valence-electron chi connectivity index (χ0n) is 15.8. The quantitative estimate of drug-likeness (QED) is 0.803. The Balaban J connectivity index is 1.35. The summed E-state index contributed by atoms with van der Waals surface area (Å²) in [6.07, 6.45) is 8.65. The van der Waals surface area contributed by atoms with E-state index in [0.29, 0.717) is 37.7 Å². The second kappa shape index (κ2) is 7.92. The highest BCUT2D eigenvalue weighted by Crippen LogP contribution is 2.29. The number of aromatic nitrogens is 3. The number of rotatable bonds is 4. The van der Waals surface area contributed by atoms with Crippen LogP contribution < -0.4 is 4.74 Å². The third kappa shape index (κ3) is 3.95. The summed E-state index contributed by atoms with van der Waals surface area (Å²) in [4.78, 5) is 40.8. The number of likely N-dealkylation sites (tertiary alicyclic amines) is 2. The molecule has 2 aromatic rings. The molecule has 146 valence electrons. The van der Waals surface area contributed by atoms with E-state index >= 15 is 0 Å². The molecule has 0 radical (unpaired) electrons. The van der Waals surface area contributed by atoms with Gasteiger partial charge in [-0.3, -0.25) is 19.6 Å². The number of amides is 2. The van der Waals surface area contributed by atoms with E-state index in [9.17, 15) is 9.59 Å². The van der Waals surface area contributed by atoms with Crippen molar-refractivity contribution in [3.63, 3.8) is 0 Å². The summed E-state index contributed by atoms with van der Waals surface area (Å²) in [7, 11) is 1.75. The number of hydrogen-bond acceptors (Lipinski definition) is 6. The summed E-state index contributed by atoms with van der Waals surface area (Å²) in [6, 6.07) is 3.62. The molecule has 2 saturated heterocycles. The maximum atomic E-state index is 12.7. The predicted octanol–water partition coefficient (Wildman–Crippen LogP) is 1.85. The van der Waals surface area contributed by atoms with Gasteiger partial charge in [-0.2, -0.15) is 0 Å². The van der Waals surface area contributed by atoms with E-state index in [0.717, 1.165) is 18.5 Å². The van der Waals surface area contributed by atoms with E-state index in [4.69, 9.17) is 4.74 Å². The average molecular weight is 381 g/mol. The first-order valence-corrected chi connectivity index (χ1v) is 9.52. The summed E-state index contributed by atoms with van der Waals surface area (Å²) >= 11 is 0. The zero-order chi connectivity index (χ0) is 19.5. The van der Waals surface area contributed by atoms with Gasteiger partial charge in [0.2, 0.25) is 17.7 Å². The van der Waals surface area contributed by atoms with Crippen LogP contribution in [0.2, 0.25) is 0 Å². The smallest absolute Gasteiger partial charge is 0.238 e. The second-order valence-electron chi connectivity index (χ2n) is 7.35. The van der Waals surface area contributed by atoms with E-state index in [-0.39, 0.29) is 23.7 Å². The number of ether oxygens (including phenoxy) is 1. The third-order valence-corrected chi connectivity index (χ3v) is 5.40. The molecule has 4 rings (SSSR count). The minimum absolute atomic E-state index is 0.0499. The molecule has 0 spiro atoms. The summed E-state index contributed by atoms with van der Waals surface area (Å²) in [5, 5.41) is 0. The predicted molar refractivity (Wildman–Crippen MR) is 101 cm³/mol. The third-order valence-electron chi connectivity index (χ3n) is 5.40. The number of pyridine rings is 1. The molecular weight excluding hydrogens is 358 g/mol. The summed E-state index contributed by atoms with van der Waals surface area (Å²) < 4.78 is 5.72. The number of hydrogen-bond donors (Lipinski definition) is 0. The minimum atomic E-state index is -0.204. The first-order chi connectivity index (χ1) is 13.6. The molecule has 2 aromatic heterocycles. The van der Waals surface area contributed by atoms with Crippen molar-refractivity contribution in [1.82, 2.24) is 24.8 Å². The normalized spacial score (nSPS) is 20.5. The topological polar surface area (TPSA) is 88.5 Å². The van der Waals surface area contributed by atoms with Gasteiger partial charge < -0.3 is 14.5 Å². The molecule has 0 aromatic carbocycles. The van der Waals surface area contributed by atoms with Crippen molar-refractivity contribution in [2.45, 2.75) is 25.2 Å². The van der Waals surface area contributed by atoms with Crippen LogP contribution in [0.4, 0.5) is 0 Å². The Hall–Kier alpha value is -3.03. The second-order valence-corrected chi connectivity index (χ2v) is 7.35. The highest BCUT2D eigenvalue weighted by atomic mass is 16.5. The molecule has 0 bridgehead atoms. The molecule has 2 amide bonds. The van der Waals surface area contributed by atoms with Gasteiger partial charge in [-0.05, 0) is 25.0 Å². The monoisotopic (exact) mass is 381 g/mol. The Morgan fingerprint density at radius 3 is 2.68 bits per heavy atom. The van der Waals surface area contributed by atoms with E-state index in [1.54, 1.807) is 42.8 Å². The number of carbonyl (C=O) groups excluding carboxylic acids is 2. The van der Waals surface area contributed by atoms with Gasteiger partial charge in [0, 0.05) is 51.4 Å².